The maximum atomic E-state index is 12.6. The molecule has 0 aromatic heterocycles. The Bertz CT molecular complexity index is 2080. The Morgan fingerprint density at radius 3 is 1.73 bits per heavy atom. The minimum Gasteiger partial charge on any atom is -0.394 e. The molecule has 1 spiro atoms. The van der Waals surface area contributed by atoms with Crippen LogP contribution in [0.25, 0.3) is 0 Å². The van der Waals surface area contributed by atoms with Gasteiger partial charge in [-0.1, -0.05) is 27.7 Å². The first kappa shape index (κ1) is 60.7. The smallest absolute Gasteiger partial charge is 0.187 e. The summed E-state index contributed by atoms with van der Waals surface area (Å²) in [4.78, 5) is 0. The molecule has 460 valence electrons. The number of fused-ring (bicyclic) bond motifs is 7. The van der Waals surface area contributed by atoms with Gasteiger partial charge in [0.2, 0.25) is 0 Å². The predicted octanol–water partition coefficient (Wildman–Crippen LogP) is -2.78. The first-order valence-corrected chi connectivity index (χ1v) is 29.5. The number of hydrogen-bond donors (Lipinski definition) is 13. The van der Waals surface area contributed by atoms with Crippen molar-refractivity contribution in [2.75, 3.05) is 33.0 Å². The lowest BCUT2D eigenvalue weighted by atomic mass is 9.44. The Labute approximate surface area is 465 Å². The molecule has 80 heavy (non-hydrogen) atoms. The molecule has 11 fully saturated rings. The predicted molar refractivity (Wildman–Crippen MR) is 267 cm³/mol. The van der Waals surface area contributed by atoms with E-state index in [-0.39, 0.29) is 22.9 Å². The van der Waals surface area contributed by atoms with Gasteiger partial charge in [0, 0.05) is 12.3 Å². The monoisotopic (exact) mass is 1150 g/mol. The van der Waals surface area contributed by atoms with Crippen molar-refractivity contribution >= 4 is 0 Å². The van der Waals surface area contributed by atoms with E-state index in [1.54, 1.807) is 0 Å². The Kier molecular flexibility index (Phi) is 17.9. The minimum absolute atomic E-state index is 0.0136. The zero-order chi connectivity index (χ0) is 57.1. The summed E-state index contributed by atoms with van der Waals surface area (Å²) in [5, 5.41) is 142. The molecule has 7 aliphatic heterocycles. The van der Waals surface area contributed by atoms with E-state index in [1.807, 2.05) is 0 Å². The molecule has 4 aliphatic carbocycles. The lowest BCUT2D eigenvalue weighted by molar-refractivity contribution is -0.408. The molecule has 25 heteroatoms. The third-order valence-electron chi connectivity index (χ3n) is 21.7. The van der Waals surface area contributed by atoms with Gasteiger partial charge in [-0.2, -0.15) is 0 Å². The highest BCUT2D eigenvalue weighted by Crippen LogP contribution is 2.71. The highest BCUT2D eigenvalue weighted by atomic mass is 16.8. The van der Waals surface area contributed by atoms with Gasteiger partial charge in [-0.15, -0.1) is 0 Å². The first-order valence-electron chi connectivity index (χ1n) is 29.5. The van der Waals surface area contributed by atoms with Gasteiger partial charge >= 0.3 is 0 Å². The van der Waals surface area contributed by atoms with Crippen LogP contribution in [0, 0.1) is 52.3 Å². The molecule has 11 rings (SSSR count). The molecular weight excluding hydrogens is 1060 g/mol. The zero-order valence-electron chi connectivity index (χ0n) is 46.3. The first-order chi connectivity index (χ1) is 38.0. The highest BCUT2D eigenvalue weighted by molar-refractivity contribution is 5.16. The largest absolute Gasteiger partial charge is 0.394 e. The van der Waals surface area contributed by atoms with Crippen molar-refractivity contribution in [3.05, 3.63) is 0 Å². The zero-order valence-corrected chi connectivity index (χ0v) is 46.3. The minimum atomic E-state index is -1.93. The van der Waals surface area contributed by atoms with Crippen LogP contribution in [0.15, 0.2) is 0 Å². The fraction of sp³-hybridized carbons (Fsp3) is 1.00. The Hall–Kier alpha value is -1.00. The van der Waals surface area contributed by atoms with E-state index in [0.717, 1.165) is 58.0 Å². The average molecular weight is 1150 g/mol. The van der Waals surface area contributed by atoms with Gasteiger partial charge in [-0.05, 0) is 111 Å². The van der Waals surface area contributed by atoms with Gasteiger partial charge in [0.25, 0.3) is 0 Å². The van der Waals surface area contributed by atoms with E-state index in [9.17, 15) is 66.4 Å². The highest BCUT2D eigenvalue weighted by Gasteiger charge is 2.69. The van der Waals surface area contributed by atoms with Gasteiger partial charge in [-0.25, -0.2) is 0 Å². The summed E-state index contributed by atoms with van der Waals surface area (Å²) in [5.41, 5.74) is 0.170. The molecule has 7 saturated heterocycles. The third kappa shape index (κ3) is 10.6. The molecule has 0 amide bonds. The van der Waals surface area contributed by atoms with Crippen molar-refractivity contribution in [3.63, 3.8) is 0 Å². The topological polar surface area (TPSA) is 374 Å². The number of aliphatic hydroxyl groups excluding tert-OH is 13. The molecule has 11 aliphatic rings. The molecule has 25 nitrogen and oxygen atoms in total. The van der Waals surface area contributed by atoms with Crippen LogP contribution in [0.1, 0.15) is 98.8 Å². The Balaban J connectivity index is 0.830. The van der Waals surface area contributed by atoms with E-state index in [0.29, 0.717) is 48.3 Å². The van der Waals surface area contributed by atoms with Crippen molar-refractivity contribution in [2.24, 2.45) is 52.3 Å². The van der Waals surface area contributed by atoms with Crippen LogP contribution in [0.4, 0.5) is 0 Å². The SMILES string of the molecule is CC1OC(OC2C(O[C@H]3CC[C@@]4(C)[C@@H](CC[C@@H]5[C@@H]4CC[C@]4(C)[C@@H]6[C@H](C[C@@H]54)O[C@]4(CC[C@@H](C)CO4)[C@H]6C)C3)OC(CO)C(OC3OC(CO)C(O)C(OC4OCC(O)C(O)C4O)C3OC3OCC(O)C(O)C3O)C2O)C(O)C(O)C1O. The maximum absolute atomic E-state index is 12.6. The summed E-state index contributed by atoms with van der Waals surface area (Å²) in [6.07, 6.45) is -29.8. The summed E-state index contributed by atoms with van der Waals surface area (Å²) in [7, 11) is 0. The summed E-state index contributed by atoms with van der Waals surface area (Å²) in [6.45, 7) is 8.99. The summed E-state index contributed by atoms with van der Waals surface area (Å²) in [5.74, 6) is 2.69. The van der Waals surface area contributed by atoms with Crippen LogP contribution in [0.3, 0.4) is 0 Å². The molecular formula is C55H90O25. The summed E-state index contributed by atoms with van der Waals surface area (Å²) < 4.78 is 74.8. The average Bonchev–Trinajstić information content (AvgIpc) is 3.89. The van der Waals surface area contributed by atoms with Crippen LogP contribution in [0.5, 0.6) is 0 Å². The van der Waals surface area contributed by atoms with Crippen LogP contribution < -0.4 is 0 Å². The molecule has 35 atom stereocenters. The second-order valence-corrected chi connectivity index (χ2v) is 26.2. The molecule has 0 aromatic rings. The van der Waals surface area contributed by atoms with Gasteiger partial charge < -0.3 is 123 Å². The maximum Gasteiger partial charge on any atom is 0.187 e. The van der Waals surface area contributed by atoms with E-state index in [2.05, 4.69) is 27.7 Å². The fourth-order valence-electron chi connectivity index (χ4n) is 17.0. The van der Waals surface area contributed by atoms with E-state index in [1.165, 1.54) is 6.92 Å². The number of rotatable bonds is 12. The third-order valence-corrected chi connectivity index (χ3v) is 21.7. The Morgan fingerprint density at radius 1 is 0.475 bits per heavy atom. The summed E-state index contributed by atoms with van der Waals surface area (Å²) >= 11 is 0. The fourth-order valence-corrected chi connectivity index (χ4v) is 17.0. The normalized spacial score (nSPS) is 58.1. The molecule has 0 radical (unpaired) electrons. The number of ether oxygens (including phenoxy) is 12. The van der Waals surface area contributed by atoms with Crippen molar-refractivity contribution in [3.8, 4) is 0 Å². The van der Waals surface area contributed by atoms with Crippen LogP contribution in [0.2, 0.25) is 0 Å². The van der Waals surface area contributed by atoms with Gasteiger partial charge in [0.05, 0.1) is 51.3 Å². The van der Waals surface area contributed by atoms with Crippen LogP contribution in [-0.4, -0.2) is 259 Å². The lowest BCUT2D eigenvalue weighted by Crippen LogP contribution is -2.68. The van der Waals surface area contributed by atoms with Crippen LogP contribution in [-0.2, 0) is 56.8 Å². The molecule has 0 aromatic carbocycles. The van der Waals surface area contributed by atoms with Crippen molar-refractivity contribution in [2.45, 2.75) is 258 Å². The quantitative estimate of drug-likeness (QED) is 0.0879. The molecule has 0 bridgehead atoms. The molecule has 4 saturated carbocycles. The lowest BCUT2D eigenvalue weighted by Gasteiger charge is -2.61. The molecule has 23 unspecified atom stereocenters. The molecule has 13 N–H and O–H groups in total. The van der Waals surface area contributed by atoms with Crippen molar-refractivity contribution in [1.82, 2.24) is 0 Å². The number of hydrogen-bond acceptors (Lipinski definition) is 25. The second kappa shape index (κ2) is 23.6. The molecule has 7 heterocycles. The van der Waals surface area contributed by atoms with E-state index >= 15 is 0 Å². The summed E-state index contributed by atoms with van der Waals surface area (Å²) in [6, 6.07) is 0. The van der Waals surface area contributed by atoms with E-state index in [4.69, 9.17) is 56.8 Å². The van der Waals surface area contributed by atoms with Crippen LogP contribution >= 0.6 is 0 Å². The van der Waals surface area contributed by atoms with Gasteiger partial charge in [0.1, 0.15) is 104 Å². The Morgan fingerprint density at radius 2 is 1.07 bits per heavy atom. The second-order valence-electron chi connectivity index (χ2n) is 26.2. The standard InChI is InChI=1S/C55H90O25/c1-21-8-13-55(71-18-21)22(2)34-31(80-55)15-28-26-7-6-24-14-25(9-11-53(24,4)27(26)10-12-54(28,34)5)73-51-46(78-50-42(67)39(64)35(60)23(3)72-50)43(68)44(33(17-57)75-51)76-52-47(79-49-41(66)37(62)30(59)20-70-49)45(38(63)32(16-56)74-52)77-48-40(65)36(61)29(58)19-69-48/h21-52,56-68H,6-20H2,1-5H3/t21-,22+,23?,24+,25+,26-,27+,28+,29?,30?,31+,32?,33?,34+,35?,36?,37?,38?,39?,40?,41?,42?,43?,44?,45?,46?,47?,48?,49?,50?,51?,52?,53+,54+,55-/m1/s1. The van der Waals surface area contributed by atoms with Gasteiger partial charge in [0.15, 0.2) is 37.2 Å². The van der Waals surface area contributed by atoms with Crippen molar-refractivity contribution in [1.29, 1.82) is 0 Å². The number of aliphatic hydroxyl groups is 13. The van der Waals surface area contributed by atoms with Crippen molar-refractivity contribution < 1.29 is 123 Å². The van der Waals surface area contributed by atoms with Gasteiger partial charge in [-0.3, -0.25) is 0 Å². The van der Waals surface area contributed by atoms with E-state index < -0.39 is 180 Å².